The third kappa shape index (κ3) is 6.82. The van der Waals surface area contributed by atoms with E-state index in [1.165, 1.54) is 23.8 Å². The first-order valence-electron chi connectivity index (χ1n) is 19.3. The molecule has 3 aliphatic heterocycles. The molecule has 290 valence electrons. The van der Waals surface area contributed by atoms with Gasteiger partial charge in [-0.3, -0.25) is 24.8 Å². The van der Waals surface area contributed by atoms with Crippen molar-refractivity contribution in [1.82, 2.24) is 25.4 Å². The van der Waals surface area contributed by atoms with E-state index < -0.39 is 29.3 Å². The molecule has 0 aliphatic carbocycles. The summed E-state index contributed by atoms with van der Waals surface area (Å²) in [6, 6.07) is 17.1. The molecule has 5 heterocycles. The second-order valence-corrected chi connectivity index (χ2v) is 16.0. The summed E-state index contributed by atoms with van der Waals surface area (Å²) >= 11 is 0. The van der Waals surface area contributed by atoms with Crippen molar-refractivity contribution in [3.63, 3.8) is 0 Å². The molecule has 8 rings (SSSR count). The second kappa shape index (κ2) is 14.7. The van der Waals surface area contributed by atoms with E-state index in [0.717, 1.165) is 53.8 Å². The summed E-state index contributed by atoms with van der Waals surface area (Å²) in [7, 11) is 0. The number of hydrogen-bond acceptors (Lipinski definition) is 7. The zero-order valence-corrected chi connectivity index (χ0v) is 31.8. The largest absolute Gasteiger partial charge is 0.361 e. The minimum atomic E-state index is -2.94. The third-order valence-electron chi connectivity index (χ3n) is 12.5. The summed E-state index contributed by atoms with van der Waals surface area (Å²) in [6.45, 7) is 7.96. The maximum absolute atomic E-state index is 15.6. The van der Waals surface area contributed by atoms with Gasteiger partial charge in [0, 0.05) is 58.7 Å². The van der Waals surface area contributed by atoms with Crippen LogP contribution in [0.3, 0.4) is 0 Å². The highest BCUT2D eigenvalue weighted by Crippen LogP contribution is 2.46. The van der Waals surface area contributed by atoms with Crippen molar-refractivity contribution in [2.45, 2.75) is 109 Å². The monoisotopic (exact) mass is 764 g/mol. The van der Waals surface area contributed by atoms with Crippen LogP contribution >= 0.6 is 0 Å². The van der Waals surface area contributed by atoms with Crippen LogP contribution in [0, 0.1) is 25.5 Å². The first-order chi connectivity index (χ1) is 26.8. The molecule has 8 nitrogen and oxygen atoms in total. The fourth-order valence-electron chi connectivity index (χ4n) is 9.19. The molecule has 3 unspecified atom stereocenters. The van der Waals surface area contributed by atoms with Gasteiger partial charge in [0.25, 0.3) is 6.43 Å². The van der Waals surface area contributed by atoms with Gasteiger partial charge in [-0.15, -0.1) is 5.10 Å². The molecule has 0 spiro atoms. The average Bonchev–Trinajstić information content (AvgIpc) is 3.39. The van der Waals surface area contributed by atoms with Crippen LogP contribution in [0.4, 0.5) is 23.4 Å². The predicted octanol–water partition coefficient (Wildman–Crippen LogP) is 9.30. The van der Waals surface area contributed by atoms with E-state index in [2.05, 4.69) is 50.9 Å². The molecule has 2 aromatic heterocycles. The number of amides is 2. The van der Waals surface area contributed by atoms with E-state index in [-0.39, 0.29) is 23.2 Å². The van der Waals surface area contributed by atoms with Crippen molar-refractivity contribution < 1.29 is 27.2 Å². The second-order valence-electron chi connectivity index (χ2n) is 16.0. The number of rotatable bonds is 9. The lowest BCUT2D eigenvalue weighted by atomic mass is 9.74. The SMILES string of the molecule is Cc1cc(C2(C)CCC(=O)NC2=O)ccc1C1CC2CCC(C1)N2Cc1cc(-c2cc3c(N[C@H](C)c4cccc(C(F)F)c4F)nnc(C)c3cn2)ccc1F. The van der Waals surface area contributed by atoms with E-state index in [0.29, 0.717) is 65.5 Å². The van der Waals surface area contributed by atoms with Crippen LogP contribution in [0.15, 0.2) is 66.9 Å². The fourth-order valence-corrected chi connectivity index (χ4v) is 9.19. The number of piperidine rings is 2. The number of fused-ring (bicyclic) bond motifs is 3. The topological polar surface area (TPSA) is 100 Å². The lowest BCUT2D eigenvalue weighted by molar-refractivity contribution is -0.137. The average molecular weight is 765 g/mol. The number of carbonyl (C=O) groups excluding carboxylic acids is 2. The third-order valence-corrected chi connectivity index (χ3v) is 12.5. The van der Waals surface area contributed by atoms with Gasteiger partial charge in [-0.05, 0) is 107 Å². The normalized spacial score (nSPS) is 23.1. The Labute approximate surface area is 323 Å². The van der Waals surface area contributed by atoms with Gasteiger partial charge in [0.05, 0.1) is 28.4 Å². The number of alkyl halides is 2. The van der Waals surface area contributed by atoms with E-state index >= 15 is 8.78 Å². The Morgan fingerprint density at radius 2 is 1.70 bits per heavy atom. The molecule has 12 heteroatoms. The van der Waals surface area contributed by atoms with Crippen LogP contribution < -0.4 is 10.6 Å². The Bertz CT molecular complexity index is 2360. The first kappa shape index (κ1) is 37.7. The van der Waals surface area contributed by atoms with Crippen molar-refractivity contribution in [3.05, 3.63) is 118 Å². The molecule has 3 saturated heterocycles. The van der Waals surface area contributed by atoms with E-state index in [1.54, 1.807) is 26.1 Å². The molecule has 3 aliphatic rings. The number of benzene rings is 3. The van der Waals surface area contributed by atoms with Crippen LogP contribution in [0.25, 0.3) is 22.0 Å². The number of anilines is 1. The lowest BCUT2D eigenvalue weighted by Crippen LogP contribution is -2.49. The zero-order valence-electron chi connectivity index (χ0n) is 31.8. The van der Waals surface area contributed by atoms with Gasteiger partial charge in [-0.1, -0.05) is 36.4 Å². The van der Waals surface area contributed by atoms with Crippen molar-refractivity contribution in [1.29, 1.82) is 0 Å². The Morgan fingerprint density at radius 1 is 0.946 bits per heavy atom. The number of hydrogen-bond donors (Lipinski definition) is 2. The smallest absolute Gasteiger partial charge is 0.266 e. The maximum atomic E-state index is 15.6. The van der Waals surface area contributed by atoms with Crippen LogP contribution in [-0.2, 0) is 21.5 Å². The van der Waals surface area contributed by atoms with Crippen LogP contribution in [0.1, 0.15) is 110 Å². The summed E-state index contributed by atoms with van der Waals surface area (Å²) in [5, 5.41) is 15.6. The number of imide groups is 1. The highest BCUT2D eigenvalue weighted by atomic mass is 19.3. The molecule has 0 radical (unpaired) electrons. The molecule has 56 heavy (non-hydrogen) atoms. The molecule has 3 aromatic carbocycles. The van der Waals surface area contributed by atoms with E-state index in [1.807, 2.05) is 19.1 Å². The molecule has 2 N–H and O–H groups in total. The quantitative estimate of drug-likeness (QED) is 0.114. The maximum Gasteiger partial charge on any atom is 0.266 e. The Kier molecular flexibility index (Phi) is 9.88. The number of carbonyl (C=O) groups is 2. The molecule has 5 aromatic rings. The standard InChI is InChI=1S/C44H44F4N6O2/c1-23-16-29(44(4)15-14-39(55)51-43(44)56)9-12-32(23)27-18-30-10-11-31(19-27)54(30)22-28-17-26(8-13-37(28)45)38-20-35-36(21-49-38)25(3)52-53-42(35)50-24(2)33-6-5-7-34(40(33)46)41(47)48/h5-9,12-13,16-17,20-21,24,27,30-31,41H,10-11,14-15,18-19,22H2,1-4H3,(H,50,53)(H,51,55,56)/t24-,27?,30?,31?,44?/m1/s1. The summed E-state index contributed by atoms with van der Waals surface area (Å²) in [4.78, 5) is 31.8. The molecule has 0 saturated carbocycles. The van der Waals surface area contributed by atoms with Crippen molar-refractivity contribution in [3.8, 4) is 11.3 Å². The molecular formula is C44H44F4N6O2. The number of pyridine rings is 1. The predicted molar refractivity (Wildman–Crippen MR) is 206 cm³/mol. The lowest BCUT2D eigenvalue weighted by Gasteiger charge is -2.40. The van der Waals surface area contributed by atoms with E-state index in [4.69, 9.17) is 4.98 Å². The van der Waals surface area contributed by atoms with Gasteiger partial charge in [-0.2, -0.15) is 5.10 Å². The molecule has 4 atom stereocenters. The Hall–Kier alpha value is -5.23. The number of aromatic nitrogens is 3. The summed E-state index contributed by atoms with van der Waals surface area (Å²) in [5.74, 6) is -1.01. The summed E-state index contributed by atoms with van der Waals surface area (Å²) in [5.41, 5.74) is 4.60. The molecule has 2 amide bonds. The molecule has 3 fully saturated rings. The number of nitrogens with one attached hydrogen (secondary N) is 2. The van der Waals surface area contributed by atoms with Crippen molar-refractivity contribution >= 4 is 28.4 Å². The van der Waals surface area contributed by atoms with Gasteiger partial charge in [0.15, 0.2) is 5.82 Å². The first-order valence-corrected chi connectivity index (χ1v) is 19.3. The highest BCUT2D eigenvalue weighted by molar-refractivity contribution is 6.03. The van der Waals surface area contributed by atoms with Crippen LogP contribution in [0.5, 0.6) is 0 Å². The number of nitrogens with zero attached hydrogens (tertiary/aromatic N) is 4. The van der Waals surface area contributed by atoms with E-state index in [9.17, 15) is 18.4 Å². The van der Waals surface area contributed by atoms with Gasteiger partial charge in [0.2, 0.25) is 11.8 Å². The van der Waals surface area contributed by atoms with Gasteiger partial charge in [0.1, 0.15) is 11.6 Å². The molecular weight excluding hydrogens is 721 g/mol. The minimum absolute atomic E-state index is 0.0843. The summed E-state index contributed by atoms with van der Waals surface area (Å²) < 4.78 is 57.5. The van der Waals surface area contributed by atoms with Crippen molar-refractivity contribution in [2.75, 3.05) is 5.32 Å². The van der Waals surface area contributed by atoms with Gasteiger partial charge >= 0.3 is 0 Å². The Morgan fingerprint density at radius 3 is 2.41 bits per heavy atom. The highest BCUT2D eigenvalue weighted by Gasteiger charge is 2.43. The minimum Gasteiger partial charge on any atom is -0.361 e. The van der Waals surface area contributed by atoms with Gasteiger partial charge in [-0.25, -0.2) is 17.6 Å². The Balaban J connectivity index is 1.01. The van der Waals surface area contributed by atoms with Crippen LogP contribution in [-0.4, -0.2) is 44.0 Å². The number of aryl methyl sites for hydroxylation is 2. The summed E-state index contributed by atoms with van der Waals surface area (Å²) in [6.07, 6.45) is 3.58. The zero-order chi connectivity index (χ0) is 39.5. The number of halogens is 4. The van der Waals surface area contributed by atoms with Gasteiger partial charge < -0.3 is 5.32 Å². The van der Waals surface area contributed by atoms with Crippen LogP contribution in [0.2, 0.25) is 0 Å². The fraction of sp³-hybridized carbons (Fsp3) is 0.386. The molecule has 2 bridgehead atoms. The van der Waals surface area contributed by atoms with Crippen molar-refractivity contribution in [2.24, 2.45) is 0 Å².